The Morgan fingerprint density at radius 3 is 2.67 bits per heavy atom. The van der Waals surface area contributed by atoms with Crippen LogP contribution in [0.3, 0.4) is 0 Å². The lowest BCUT2D eigenvalue weighted by Crippen LogP contribution is -2.40. The van der Waals surface area contributed by atoms with Gasteiger partial charge in [-0.25, -0.2) is 4.79 Å². The zero-order valence-corrected chi connectivity index (χ0v) is 11.2. The quantitative estimate of drug-likeness (QED) is 0.620. The van der Waals surface area contributed by atoms with E-state index in [1.165, 1.54) is 12.1 Å². The van der Waals surface area contributed by atoms with Gasteiger partial charge in [0.15, 0.2) is 0 Å². The number of hydrogen-bond acceptors (Lipinski definition) is 5. The van der Waals surface area contributed by atoms with Gasteiger partial charge < -0.3 is 15.1 Å². The molecule has 1 aliphatic rings. The number of nitrogens with zero attached hydrogens (tertiary/aromatic N) is 2. The van der Waals surface area contributed by atoms with E-state index in [0.29, 0.717) is 5.56 Å². The lowest BCUT2D eigenvalue weighted by Gasteiger charge is -2.21. The summed E-state index contributed by atoms with van der Waals surface area (Å²) in [7, 11) is 0. The van der Waals surface area contributed by atoms with E-state index in [4.69, 9.17) is 5.11 Å². The van der Waals surface area contributed by atoms with E-state index >= 15 is 0 Å². The fourth-order valence-corrected chi connectivity index (χ4v) is 2.38. The van der Waals surface area contributed by atoms with Crippen LogP contribution >= 0.6 is 0 Å². The molecular formula is C13H14N2O6. The highest BCUT2D eigenvalue weighted by atomic mass is 16.6. The molecule has 1 saturated heterocycles. The molecule has 0 unspecified atom stereocenters. The molecule has 2 atom stereocenters. The molecule has 0 aliphatic carbocycles. The van der Waals surface area contributed by atoms with Gasteiger partial charge >= 0.3 is 5.97 Å². The van der Waals surface area contributed by atoms with Crippen LogP contribution in [0.15, 0.2) is 18.2 Å². The number of aryl methyl sites for hydroxylation is 1. The number of aliphatic carboxylic acids is 1. The maximum absolute atomic E-state index is 12.3. The Kier molecular flexibility index (Phi) is 3.90. The number of likely N-dealkylation sites (tertiary alicyclic amines) is 1. The zero-order valence-electron chi connectivity index (χ0n) is 11.2. The molecule has 1 fully saturated rings. The van der Waals surface area contributed by atoms with Crippen LogP contribution < -0.4 is 0 Å². The second-order valence-electron chi connectivity index (χ2n) is 4.96. The van der Waals surface area contributed by atoms with Crippen LogP contribution in [-0.4, -0.2) is 50.6 Å². The molecule has 1 aliphatic heterocycles. The SMILES string of the molecule is Cc1ccc(C(=O)N2C[C@H](O)C[C@@H]2C(=O)O)cc1[N+](=O)[O-]. The molecule has 1 amide bonds. The molecular weight excluding hydrogens is 280 g/mol. The van der Waals surface area contributed by atoms with Crippen LogP contribution in [0.2, 0.25) is 0 Å². The first-order chi connectivity index (χ1) is 9.81. The molecule has 0 radical (unpaired) electrons. The fraction of sp³-hybridized carbons (Fsp3) is 0.385. The van der Waals surface area contributed by atoms with Crippen molar-refractivity contribution in [1.29, 1.82) is 0 Å². The molecule has 0 saturated carbocycles. The summed E-state index contributed by atoms with van der Waals surface area (Å²) in [4.78, 5) is 34.8. The highest BCUT2D eigenvalue weighted by Gasteiger charge is 2.39. The summed E-state index contributed by atoms with van der Waals surface area (Å²) in [6, 6.07) is 2.86. The lowest BCUT2D eigenvalue weighted by atomic mass is 10.1. The third-order valence-corrected chi connectivity index (χ3v) is 3.48. The van der Waals surface area contributed by atoms with Crippen LogP contribution in [0.25, 0.3) is 0 Å². The molecule has 0 bridgehead atoms. The summed E-state index contributed by atoms with van der Waals surface area (Å²) < 4.78 is 0. The number of benzene rings is 1. The Hall–Kier alpha value is -2.48. The van der Waals surface area contributed by atoms with Crippen molar-refractivity contribution in [3.63, 3.8) is 0 Å². The number of nitro groups is 1. The predicted molar refractivity (Wildman–Crippen MR) is 70.9 cm³/mol. The molecule has 21 heavy (non-hydrogen) atoms. The number of carboxylic acids is 1. The first-order valence-corrected chi connectivity index (χ1v) is 6.28. The van der Waals surface area contributed by atoms with E-state index < -0.39 is 28.9 Å². The topological polar surface area (TPSA) is 121 Å². The number of hydrogen-bond donors (Lipinski definition) is 2. The molecule has 2 N–H and O–H groups in total. The van der Waals surface area contributed by atoms with Crippen LogP contribution in [0.5, 0.6) is 0 Å². The second kappa shape index (κ2) is 5.49. The average molecular weight is 294 g/mol. The first-order valence-electron chi connectivity index (χ1n) is 6.28. The standard InChI is InChI=1S/C13H14N2O6/c1-7-2-3-8(4-10(7)15(20)21)12(17)14-6-9(16)5-11(14)13(18)19/h2-4,9,11,16H,5-6H2,1H3,(H,18,19)/t9-,11-/m1/s1. The fourth-order valence-electron chi connectivity index (χ4n) is 2.38. The highest BCUT2D eigenvalue weighted by molar-refractivity contribution is 5.97. The Labute approximate surface area is 119 Å². The van der Waals surface area contributed by atoms with Gasteiger partial charge in [0.05, 0.1) is 11.0 Å². The van der Waals surface area contributed by atoms with Crippen molar-refractivity contribution in [1.82, 2.24) is 4.90 Å². The second-order valence-corrected chi connectivity index (χ2v) is 4.96. The largest absolute Gasteiger partial charge is 0.480 e. The first kappa shape index (κ1) is 14.9. The number of carboxylic acid groups (broad SMARTS) is 1. The van der Waals surface area contributed by atoms with Crippen molar-refractivity contribution in [2.75, 3.05) is 6.54 Å². The van der Waals surface area contributed by atoms with Crippen molar-refractivity contribution >= 4 is 17.6 Å². The third-order valence-electron chi connectivity index (χ3n) is 3.48. The van der Waals surface area contributed by atoms with Gasteiger partial charge in [-0.3, -0.25) is 14.9 Å². The van der Waals surface area contributed by atoms with Gasteiger partial charge in [0.1, 0.15) is 6.04 Å². The Bertz CT molecular complexity index is 615. The van der Waals surface area contributed by atoms with Crippen LogP contribution in [0.4, 0.5) is 5.69 Å². The molecule has 1 aromatic carbocycles. The summed E-state index contributed by atoms with van der Waals surface area (Å²) in [5.41, 5.74) is 0.243. The molecule has 112 valence electrons. The number of amides is 1. The van der Waals surface area contributed by atoms with Gasteiger partial charge in [0, 0.05) is 30.2 Å². The minimum atomic E-state index is -1.21. The van der Waals surface area contributed by atoms with E-state index in [1.54, 1.807) is 6.92 Å². The minimum absolute atomic E-state index is 0.0349. The van der Waals surface area contributed by atoms with E-state index in [9.17, 15) is 24.8 Å². The maximum atomic E-state index is 12.3. The number of carbonyl (C=O) groups excluding carboxylic acids is 1. The monoisotopic (exact) mass is 294 g/mol. The van der Waals surface area contributed by atoms with Gasteiger partial charge in [-0.1, -0.05) is 6.07 Å². The summed E-state index contributed by atoms with van der Waals surface area (Å²) >= 11 is 0. The van der Waals surface area contributed by atoms with Crippen molar-refractivity contribution in [3.05, 3.63) is 39.4 Å². The molecule has 8 nitrogen and oxygen atoms in total. The molecule has 1 aromatic rings. The van der Waals surface area contributed by atoms with Gasteiger partial charge in [-0.2, -0.15) is 0 Å². The van der Waals surface area contributed by atoms with Crippen molar-refractivity contribution in [2.45, 2.75) is 25.5 Å². The minimum Gasteiger partial charge on any atom is -0.480 e. The maximum Gasteiger partial charge on any atom is 0.326 e. The number of carbonyl (C=O) groups is 2. The summed E-state index contributed by atoms with van der Waals surface area (Å²) in [5.74, 6) is -1.84. The predicted octanol–water partition coefficient (Wildman–Crippen LogP) is 0.563. The molecule has 2 rings (SSSR count). The summed E-state index contributed by atoms with van der Waals surface area (Å²) in [6.45, 7) is 1.45. The number of aliphatic hydroxyl groups is 1. The zero-order chi connectivity index (χ0) is 15.7. The number of nitro benzene ring substituents is 1. The number of β-amino-alcohol motifs (C(OH)–C–C–N with tert-alkyl or cyclic N) is 1. The lowest BCUT2D eigenvalue weighted by molar-refractivity contribution is -0.385. The average Bonchev–Trinajstić information content (AvgIpc) is 2.80. The Morgan fingerprint density at radius 2 is 2.10 bits per heavy atom. The summed E-state index contributed by atoms with van der Waals surface area (Å²) in [5, 5.41) is 29.5. The Balaban J connectivity index is 2.33. The van der Waals surface area contributed by atoms with Crippen LogP contribution in [0, 0.1) is 17.0 Å². The van der Waals surface area contributed by atoms with E-state index in [-0.39, 0.29) is 24.2 Å². The van der Waals surface area contributed by atoms with Gasteiger partial charge in [0.25, 0.3) is 11.6 Å². The van der Waals surface area contributed by atoms with E-state index in [2.05, 4.69) is 0 Å². The summed E-state index contributed by atoms with van der Waals surface area (Å²) in [6.07, 6.45) is -0.954. The van der Waals surface area contributed by atoms with Gasteiger partial charge in [0.2, 0.25) is 0 Å². The number of rotatable bonds is 3. The van der Waals surface area contributed by atoms with Crippen LogP contribution in [0.1, 0.15) is 22.3 Å². The molecule has 0 spiro atoms. The van der Waals surface area contributed by atoms with E-state index in [0.717, 1.165) is 11.0 Å². The normalized spacial score (nSPS) is 21.3. The molecule has 0 aromatic heterocycles. The van der Waals surface area contributed by atoms with Crippen molar-refractivity contribution in [3.8, 4) is 0 Å². The molecule has 8 heteroatoms. The van der Waals surface area contributed by atoms with E-state index in [1.807, 2.05) is 0 Å². The van der Waals surface area contributed by atoms with Gasteiger partial charge in [-0.15, -0.1) is 0 Å². The number of aliphatic hydroxyl groups excluding tert-OH is 1. The van der Waals surface area contributed by atoms with Crippen molar-refractivity contribution in [2.24, 2.45) is 0 Å². The van der Waals surface area contributed by atoms with Crippen molar-refractivity contribution < 1.29 is 24.7 Å². The third kappa shape index (κ3) is 2.84. The van der Waals surface area contributed by atoms with Gasteiger partial charge in [-0.05, 0) is 13.0 Å². The highest BCUT2D eigenvalue weighted by Crippen LogP contribution is 2.24. The molecule has 1 heterocycles. The van der Waals surface area contributed by atoms with Crippen LogP contribution in [-0.2, 0) is 4.79 Å². The smallest absolute Gasteiger partial charge is 0.326 e. The Morgan fingerprint density at radius 1 is 1.43 bits per heavy atom.